The van der Waals surface area contributed by atoms with Crippen molar-refractivity contribution in [2.45, 2.75) is 16.7 Å². The zero-order valence-electron chi connectivity index (χ0n) is 12.3. The van der Waals surface area contributed by atoms with Crippen molar-refractivity contribution in [3.05, 3.63) is 60.2 Å². The Morgan fingerprint density at radius 2 is 1.70 bits per heavy atom. The molecule has 7 heteroatoms. The van der Waals surface area contributed by atoms with Gasteiger partial charge in [0.15, 0.2) is 0 Å². The molecule has 0 saturated heterocycles. The summed E-state index contributed by atoms with van der Waals surface area (Å²) in [4.78, 5) is 15.4. The summed E-state index contributed by atoms with van der Waals surface area (Å²) in [5.41, 5.74) is 0.642. The Morgan fingerprint density at radius 1 is 1.09 bits per heavy atom. The fraction of sp³-hybridized carbons (Fsp3) is 0.125. The molecule has 0 radical (unpaired) electrons. The van der Waals surface area contributed by atoms with Crippen molar-refractivity contribution >= 4 is 21.5 Å². The Labute approximate surface area is 133 Å². The second kappa shape index (κ2) is 7.06. The highest BCUT2D eigenvalue weighted by Gasteiger charge is 2.21. The van der Waals surface area contributed by atoms with Gasteiger partial charge in [0.05, 0.1) is 15.5 Å². The average molecular weight is 333 g/mol. The molecule has 0 heterocycles. The molecule has 0 aliphatic rings. The zero-order chi connectivity index (χ0) is 16.9. The van der Waals surface area contributed by atoms with Crippen molar-refractivity contribution in [2.75, 3.05) is 6.61 Å². The van der Waals surface area contributed by atoms with Gasteiger partial charge in [-0.1, -0.05) is 41.6 Å². The molecule has 2 aromatic rings. The lowest BCUT2D eigenvalue weighted by molar-refractivity contribution is -0.142. The second-order valence-corrected chi connectivity index (χ2v) is 6.57. The molecule has 0 spiro atoms. The molecule has 2 rings (SSSR count). The highest BCUT2D eigenvalue weighted by atomic mass is 32.2. The molecule has 120 valence electrons. The third kappa shape index (κ3) is 3.95. The van der Waals surface area contributed by atoms with E-state index in [1.807, 2.05) is 0 Å². The summed E-state index contributed by atoms with van der Waals surface area (Å²) in [5, 5.41) is 12.2. The van der Waals surface area contributed by atoms with E-state index in [9.17, 15) is 13.2 Å². The van der Waals surface area contributed by atoms with Crippen LogP contribution >= 0.6 is 0 Å². The van der Waals surface area contributed by atoms with E-state index in [4.69, 9.17) is 5.11 Å². The summed E-state index contributed by atoms with van der Waals surface area (Å²) in [6.07, 6.45) is 0. The molecule has 2 aromatic carbocycles. The van der Waals surface area contributed by atoms with Crippen molar-refractivity contribution in [3.8, 4) is 0 Å². The van der Waals surface area contributed by atoms with Crippen LogP contribution in [0.5, 0.6) is 0 Å². The van der Waals surface area contributed by atoms with E-state index in [1.54, 1.807) is 43.3 Å². The summed E-state index contributed by atoms with van der Waals surface area (Å²) >= 11 is 0. The maximum absolute atomic E-state index is 12.8. The molecular weight excluding hydrogens is 318 g/mol. The topological polar surface area (TPSA) is 93.0 Å². The van der Waals surface area contributed by atoms with Crippen LogP contribution < -0.4 is 0 Å². The first-order valence-electron chi connectivity index (χ1n) is 6.71. The van der Waals surface area contributed by atoms with Gasteiger partial charge in [-0.2, -0.15) is 0 Å². The van der Waals surface area contributed by atoms with Crippen LogP contribution in [0.1, 0.15) is 12.5 Å². The van der Waals surface area contributed by atoms with Gasteiger partial charge in [-0.05, 0) is 25.1 Å². The molecule has 0 unspecified atom stereocenters. The van der Waals surface area contributed by atoms with E-state index in [0.717, 1.165) is 0 Å². The maximum Gasteiger partial charge on any atom is 0.344 e. The Bertz CT molecular complexity index is 829. The van der Waals surface area contributed by atoms with Crippen molar-refractivity contribution in [1.29, 1.82) is 0 Å². The molecule has 1 N–H and O–H groups in total. The summed E-state index contributed by atoms with van der Waals surface area (Å²) in [6, 6.07) is 14.4. The normalized spacial score (nSPS) is 12.0. The first-order chi connectivity index (χ1) is 10.9. The van der Waals surface area contributed by atoms with Gasteiger partial charge in [-0.25, -0.2) is 13.2 Å². The number of benzene rings is 2. The van der Waals surface area contributed by atoms with Crippen LogP contribution in [0.3, 0.4) is 0 Å². The zero-order valence-corrected chi connectivity index (χ0v) is 13.2. The monoisotopic (exact) mass is 333 g/mol. The lowest BCUT2D eigenvalue weighted by Crippen LogP contribution is -2.10. The number of carboxylic acid groups (broad SMARTS) is 1. The summed E-state index contributed by atoms with van der Waals surface area (Å²) in [7, 11) is -3.71. The van der Waals surface area contributed by atoms with E-state index in [-0.39, 0.29) is 15.5 Å². The van der Waals surface area contributed by atoms with E-state index < -0.39 is 22.4 Å². The highest BCUT2D eigenvalue weighted by molar-refractivity contribution is 7.91. The fourth-order valence-corrected chi connectivity index (χ4v) is 3.49. The van der Waals surface area contributed by atoms with Crippen molar-refractivity contribution < 1.29 is 23.2 Å². The minimum atomic E-state index is -3.71. The molecule has 0 bridgehead atoms. The smallest absolute Gasteiger partial charge is 0.344 e. The van der Waals surface area contributed by atoms with Crippen molar-refractivity contribution in [1.82, 2.24) is 0 Å². The van der Waals surface area contributed by atoms with E-state index in [2.05, 4.69) is 9.99 Å². The van der Waals surface area contributed by atoms with Gasteiger partial charge in [0.25, 0.3) is 0 Å². The standard InChI is InChI=1S/C16H15NO5S/c1-12(17-22-11-16(18)19)14-9-5-6-10-15(14)23(20,21)13-7-3-2-4-8-13/h2-10H,11H2,1H3,(H,18,19)/b17-12+. The van der Waals surface area contributed by atoms with Crippen LogP contribution in [0, 0.1) is 0 Å². The third-order valence-corrected chi connectivity index (χ3v) is 4.84. The van der Waals surface area contributed by atoms with Gasteiger partial charge in [-0.15, -0.1) is 0 Å². The molecule has 0 aromatic heterocycles. The van der Waals surface area contributed by atoms with Crippen LogP contribution in [-0.4, -0.2) is 31.8 Å². The first kappa shape index (κ1) is 16.7. The molecule has 0 amide bonds. The second-order valence-electron chi connectivity index (χ2n) is 4.66. The SMILES string of the molecule is C/C(=N\OCC(=O)O)c1ccccc1S(=O)(=O)c1ccccc1. The average Bonchev–Trinajstić information content (AvgIpc) is 2.55. The van der Waals surface area contributed by atoms with E-state index in [1.165, 1.54) is 18.2 Å². The lowest BCUT2D eigenvalue weighted by atomic mass is 10.1. The van der Waals surface area contributed by atoms with Crippen LogP contribution in [-0.2, 0) is 19.5 Å². The maximum atomic E-state index is 12.8. The summed E-state index contributed by atoms with van der Waals surface area (Å²) in [6.45, 7) is 0.964. The molecule has 0 atom stereocenters. The molecule has 0 aliphatic carbocycles. The van der Waals surface area contributed by atoms with E-state index in [0.29, 0.717) is 5.56 Å². The largest absolute Gasteiger partial charge is 0.479 e. The van der Waals surface area contributed by atoms with Gasteiger partial charge in [0, 0.05) is 5.56 Å². The van der Waals surface area contributed by atoms with Crippen molar-refractivity contribution in [3.63, 3.8) is 0 Å². The Morgan fingerprint density at radius 3 is 2.35 bits per heavy atom. The minimum Gasteiger partial charge on any atom is -0.479 e. The van der Waals surface area contributed by atoms with Gasteiger partial charge >= 0.3 is 5.97 Å². The Balaban J connectivity index is 2.44. The Hall–Kier alpha value is -2.67. The quantitative estimate of drug-likeness (QED) is 0.647. The van der Waals surface area contributed by atoms with Crippen molar-refractivity contribution in [2.24, 2.45) is 5.16 Å². The van der Waals surface area contributed by atoms with Gasteiger partial charge in [0.1, 0.15) is 0 Å². The molecule has 0 aliphatic heterocycles. The number of oxime groups is 1. The first-order valence-corrected chi connectivity index (χ1v) is 8.19. The number of aliphatic carboxylic acids is 1. The number of rotatable bonds is 6. The molecule has 23 heavy (non-hydrogen) atoms. The molecule has 0 fully saturated rings. The predicted octanol–water partition coefficient (Wildman–Crippen LogP) is 2.34. The number of hydrogen-bond donors (Lipinski definition) is 1. The third-order valence-electron chi connectivity index (χ3n) is 3.01. The van der Waals surface area contributed by atoms with Crippen LogP contribution in [0.25, 0.3) is 0 Å². The number of sulfone groups is 1. The Kier molecular flexibility index (Phi) is 5.13. The van der Waals surface area contributed by atoms with Crippen LogP contribution in [0.15, 0.2) is 69.5 Å². The van der Waals surface area contributed by atoms with Crippen LogP contribution in [0.2, 0.25) is 0 Å². The van der Waals surface area contributed by atoms with Crippen LogP contribution in [0.4, 0.5) is 0 Å². The number of hydrogen-bond acceptors (Lipinski definition) is 5. The number of carbonyl (C=O) groups is 1. The number of nitrogens with zero attached hydrogens (tertiary/aromatic N) is 1. The predicted molar refractivity (Wildman–Crippen MR) is 84.1 cm³/mol. The van der Waals surface area contributed by atoms with Gasteiger partial charge < -0.3 is 9.94 Å². The summed E-state index contributed by atoms with van der Waals surface area (Å²) in [5.74, 6) is -1.16. The summed E-state index contributed by atoms with van der Waals surface area (Å²) < 4.78 is 25.5. The highest BCUT2D eigenvalue weighted by Crippen LogP contribution is 2.24. The lowest BCUT2D eigenvalue weighted by Gasteiger charge is -2.10. The van der Waals surface area contributed by atoms with Gasteiger partial charge in [0.2, 0.25) is 16.4 Å². The molecular formula is C16H15NO5S. The van der Waals surface area contributed by atoms with E-state index >= 15 is 0 Å². The minimum absolute atomic E-state index is 0.0892. The molecule has 0 saturated carbocycles. The number of carboxylic acids is 1. The van der Waals surface area contributed by atoms with Gasteiger partial charge in [-0.3, -0.25) is 0 Å². The fourth-order valence-electron chi connectivity index (χ4n) is 1.96. The molecule has 6 nitrogen and oxygen atoms in total.